The minimum atomic E-state index is -1.48. The van der Waals surface area contributed by atoms with E-state index in [9.17, 15) is 29.1 Å². The largest absolute Gasteiger partial charge is 0.481 e. The molecule has 3 amide bonds. The van der Waals surface area contributed by atoms with Gasteiger partial charge < -0.3 is 37.0 Å². The molecule has 0 spiro atoms. The van der Waals surface area contributed by atoms with Gasteiger partial charge in [-0.25, -0.2) is 14.4 Å². The van der Waals surface area contributed by atoms with Crippen molar-refractivity contribution in [2.45, 2.75) is 63.2 Å². The van der Waals surface area contributed by atoms with E-state index >= 15 is 0 Å². The standard InChI is InChI=1S/C25H34N6O8/c26-13-17-14-28-31(15-17)20(12-16-6-2-1-3-7-16)22(34)27-11-5-4-8-18(23(35)36)29-25(39)30-19(24(37)38)9-10-21(32)33/h1-3,6-7,14-15,18-20H,4-5,8-13,26H2,(H,27,34)(H,32,33)(H,35,36)(H,37,38)(H2,29,30,39)/t18-,19-,20-/m0/s1. The second-order valence-electron chi connectivity index (χ2n) is 8.86. The number of unbranched alkanes of at least 4 members (excludes halogenated alkanes) is 1. The monoisotopic (exact) mass is 546 g/mol. The molecule has 39 heavy (non-hydrogen) atoms. The summed E-state index contributed by atoms with van der Waals surface area (Å²) >= 11 is 0. The van der Waals surface area contributed by atoms with Crippen molar-refractivity contribution in [3.8, 4) is 0 Å². The fourth-order valence-electron chi connectivity index (χ4n) is 3.74. The second-order valence-corrected chi connectivity index (χ2v) is 8.86. The van der Waals surface area contributed by atoms with Crippen molar-refractivity contribution >= 4 is 29.8 Å². The van der Waals surface area contributed by atoms with Gasteiger partial charge in [-0.05, 0) is 31.2 Å². The SMILES string of the molecule is NCc1cnn([C@@H](Cc2ccccc2)C(=O)NCCCC[C@H](NC(=O)N[C@@H](CCC(=O)O)C(=O)O)C(=O)O)c1. The lowest BCUT2D eigenvalue weighted by molar-refractivity contribution is -0.140. The van der Waals surface area contributed by atoms with Crippen molar-refractivity contribution in [2.24, 2.45) is 5.73 Å². The highest BCUT2D eigenvalue weighted by molar-refractivity contribution is 5.86. The molecule has 0 aliphatic carbocycles. The molecule has 0 aliphatic heterocycles. The Morgan fingerprint density at radius 3 is 2.10 bits per heavy atom. The molecular formula is C25H34N6O8. The van der Waals surface area contributed by atoms with Crippen molar-refractivity contribution < 1.29 is 39.3 Å². The molecule has 1 aromatic heterocycles. The van der Waals surface area contributed by atoms with E-state index in [2.05, 4.69) is 21.0 Å². The molecule has 8 N–H and O–H groups in total. The maximum atomic E-state index is 13.0. The average molecular weight is 547 g/mol. The zero-order valence-corrected chi connectivity index (χ0v) is 21.3. The number of carboxylic acids is 3. The molecule has 0 bridgehead atoms. The van der Waals surface area contributed by atoms with Crippen molar-refractivity contribution in [1.82, 2.24) is 25.7 Å². The Kier molecular flexibility index (Phi) is 12.4. The number of benzene rings is 1. The molecule has 0 radical (unpaired) electrons. The topological polar surface area (TPSA) is 226 Å². The molecule has 2 aromatic rings. The smallest absolute Gasteiger partial charge is 0.326 e. The molecule has 0 saturated heterocycles. The van der Waals surface area contributed by atoms with Gasteiger partial charge in [0.1, 0.15) is 18.1 Å². The summed E-state index contributed by atoms with van der Waals surface area (Å²) in [5, 5.41) is 38.6. The number of hydrogen-bond acceptors (Lipinski definition) is 7. The summed E-state index contributed by atoms with van der Waals surface area (Å²) in [6.07, 6.45) is 3.67. The van der Waals surface area contributed by atoms with Crippen LogP contribution in [0.5, 0.6) is 0 Å². The Morgan fingerprint density at radius 2 is 1.54 bits per heavy atom. The van der Waals surface area contributed by atoms with E-state index in [0.717, 1.165) is 11.1 Å². The van der Waals surface area contributed by atoms with Crippen LogP contribution >= 0.6 is 0 Å². The van der Waals surface area contributed by atoms with Gasteiger partial charge in [0.15, 0.2) is 0 Å². The first-order valence-corrected chi connectivity index (χ1v) is 12.4. The first-order chi connectivity index (χ1) is 18.6. The number of carbonyl (C=O) groups is 5. The van der Waals surface area contributed by atoms with E-state index in [1.54, 1.807) is 17.1 Å². The van der Waals surface area contributed by atoms with Crippen LogP contribution in [-0.2, 0) is 32.1 Å². The summed E-state index contributed by atoms with van der Waals surface area (Å²) in [6, 6.07) is 5.02. The number of rotatable bonds is 17. The molecule has 2 rings (SSSR count). The van der Waals surface area contributed by atoms with E-state index in [1.165, 1.54) is 0 Å². The Hall–Kier alpha value is -4.46. The van der Waals surface area contributed by atoms with Crippen molar-refractivity contribution in [2.75, 3.05) is 6.54 Å². The predicted molar refractivity (Wildman–Crippen MR) is 138 cm³/mol. The molecule has 0 aliphatic rings. The van der Waals surface area contributed by atoms with E-state index in [1.807, 2.05) is 30.3 Å². The second kappa shape index (κ2) is 15.7. The minimum Gasteiger partial charge on any atom is -0.481 e. The van der Waals surface area contributed by atoms with Crippen LogP contribution in [0.25, 0.3) is 0 Å². The Morgan fingerprint density at radius 1 is 0.897 bits per heavy atom. The molecule has 1 aromatic carbocycles. The van der Waals surface area contributed by atoms with E-state index in [4.69, 9.17) is 15.9 Å². The maximum Gasteiger partial charge on any atom is 0.326 e. The van der Waals surface area contributed by atoms with Gasteiger partial charge in [-0.3, -0.25) is 14.3 Å². The Bertz CT molecular complexity index is 1120. The van der Waals surface area contributed by atoms with E-state index in [0.29, 0.717) is 19.3 Å². The van der Waals surface area contributed by atoms with Gasteiger partial charge in [0.2, 0.25) is 5.91 Å². The average Bonchev–Trinajstić information content (AvgIpc) is 3.38. The highest BCUT2D eigenvalue weighted by Crippen LogP contribution is 2.15. The fourth-order valence-corrected chi connectivity index (χ4v) is 3.74. The molecule has 0 saturated carbocycles. The van der Waals surface area contributed by atoms with Gasteiger partial charge in [0, 0.05) is 37.7 Å². The molecule has 0 unspecified atom stereocenters. The van der Waals surface area contributed by atoms with Gasteiger partial charge in [-0.1, -0.05) is 30.3 Å². The van der Waals surface area contributed by atoms with Gasteiger partial charge in [-0.15, -0.1) is 0 Å². The molecule has 14 heteroatoms. The van der Waals surface area contributed by atoms with E-state index in [-0.39, 0.29) is 31.8 Å². The van der Waals surface area contributed by atoms with Gasteiger partial charge in [0.25, 0.3) is 0 Å². The minimum absolute atomic E-state index is 0.0257. The van der Waals surface area contributed by atoms with Gasteiger partial charge >= 0.3 is 23.9 Å². The number of nitrogens with one attached hydrogen (secondary N) is 3. The summed E-state index contributed by atoms with van der Waals surface area (Å²) in [5.74, 6) is -4.24. The number of carbonyl (C=O) groups excluding carboxylic acids is 2. The van der Waals surface area contributed by atoms with E-state index < -0.39 is 48.5 Å². The molecule has 0 fully saturated rings. The Labute approximate surface area is 224 Å². The lowest BCUT2D eigenvalue weighted by Gasteiger charge is -2.19. The van der Waals surface area contributed by atoms with Crippen LogP contribution in [0.4, 0.5) is 4.79 Å². The van der Waals surface area contributed by atoms with Crippen LogP contribution in [-0.4, -0.2) is 73.6 Å². The quantitative estimate of drug-likeness (QED) is 0.136. The number of urea groups is 1. The normalized spacial score (nSPS) is 13.1. The highest BCUT2D eigenvalue weighted by atomic mass is 16.4. The number of hydrogen-bond donors (Lipinski definition) is 7. The molecule has 14 nitrogen and oxygen atoms in total. The van der Waals surface area contributed by atoms with Crippen LogP contribution in [0, 0.1) is 0 Å². The summed E-state index contributed by atoms with van der Waals surface area (Å²) < 4.78 is 1.56. The third-order valence-corrected chi connectivity index (χ3v) is 5.86. The maximum absolute atomic E-state index is 13.0. The molecule has 1 heterocycles. The fraction of sp³-hybridized carbons (Fsp3) is 0.440. The van der Waals surface area contributed by atoms with Crippen LogP contribution in [0.2, 0.25) is 0 Å². The molecule has 212 valence electrons. The number of aliphatic carboxylic acids is 3. The lowest BCUT2D eigenvalue weighted by atomic mass is 10.1. The number of carboxylic acid groups (broad SMARTS) is 3. The number of nitrogens with zero attached hydrogens (tertiary/aromatic N) is 2. The first-order valence-electron chi connectivity index (χ1n) is 12.4. The third-order valence-electron chi connectivity index (χ3n) is 5.86. The Balaban J connectivity index is 1.86. The first kappa shape index (κ1) is 30.8. The van der Waals surface area contributed by atoms with Crippen LogP contribution < -0.4 is 21.7 Å². The third kappa shape index (κ3) is 10.8. The number of nitrogens with two attached hydrogens (primary N) is 1. The van der Waals surface area contributed by atoms with Gasteiger partial charge in [-0.2, -0.15) is 5.10 Å². The van der Waals surface area contributed by atoms with Crippen molar-refractivity contribution in [1.29, 1.82) is 0 Å². The number of amides is 3. The zero-order valence-electron chi connectivity index (χ0n) is 21.3. The molecular weight excluding hydrogens is 512 g/mol. The van der Waals surface area contributed by atoms with Crippen LogP contribution in [0.3, 0.4) is 0 Å². The summed E-state index contributed by atoms with van der Waals surface area (Å²) in [6.45, 7) is 0.541. The van der Waals surface area contributed by atoms with Crippen LogP contribution in [0.1, 0.15) is 49.3 Å². The summed E-state index contributed by atoms with van der Waals surface area (Å²) in [7, 11) is 0. The highest BCUT2D eigenvalue weighted by Gasteiger charge is 2.25. The summed E-state index contributed by atoms with van der Waals surface area (Å²) in [5.41, 5.74) is 7.40. The van der Waals surface area contributed by atoms with Crippen molar-refractivity contribution in [3.05, 3.63) is 53.9 Å². The zero-order chi connectivity index (χ0) is 28.8. The van der Waals surface area contributed by atoms with Crippen molar-refractivity contribution in [3.63, 3.8) is 0 Å². The van der Waals surface area contributed by atoms with Crippen LogP contribution in [0.15, 0.2) is 42.7 Å². The lowest BCUT2D eigenvalue weighted by Crippen LogP contribution is -2.51. The number of aromatic nitrogens is 2. The predicted octanol–water partition coefficient (Wildman–Crippen LogP) is 0.483. The molecule has 3 atom stereocenters. The summed E-state index contributed by atoms with van der Waals surface area (Å²) in [4.78, 5) is 58.6. The van der Waals surface area contributed by atoms with Gasteiger partial charge in [0.05, 0.1) is 6.20 Å².